The molecule has 0 aromatic heterocycles. The van der Waals surface area contributed by atoms with E-state index in [1.807, 2.05) is 19.1 Å². The molecule has 1 aliphatic rings. The number of imide groups is 1. The molecule has 3 amide bonds. The minimum absolute atomic E-state index is 0.00965. The summed E-state index contributed by atoms with van der Waals surface area (Å²) in [5, 5.41) is 1.97. The van der Waals surface area contributed by atoms with E-state index in [-0.39, 0.29) is 34.9 Å². The van der Waals surface area contributed by atoms with Crippen LogP contribution >= 0.6 is 11.8 Å². The molecule has 1 heterocycles. The maximum Gasteiger partial charge on any atom is 0.337 e. The van der Waals surface area contributed by atoms with E-state index in [1.54, 1.807) is 12.1 Å². The smallest absolute Gasteiger partial charge is 0.337 e. The van der Waals surface area contributed by atoms with Gasteiger partial charge in [-0.3, -0.25) is 14.4 Å². The van der Waals surface area contributed by atoms with E-state index in [0.717, 1.165) is 22.2 Å². The first kappa shape index (κ1) is 24.0. The average Bonchev–Trinajstić information content (AvgIpc) is 3.10. The zero-order chi connectivity index (χ0) is 24.1. The van der Waals surface area contributed by atoms with Gasteiger partial charge in [0.05, 0.1) is 42.0 Å². The van der Waals surface area contributed by atoms with Crippen LogP contribution in [0.15, 0.2) is 42.5 Å². The molecule has 0 bridgehead atoms. The molecule has 10 heteroatoms. The number of esters is 2. The molecule has 1 fully saturated rings. The second-order valence-corrected chi connectivity index (χ2v) is 8.43. The van der Waals surface area contributed by atoms with Crippen molar-refractivity contribution in [1.82, 2.24) is 0 Å². The number of methoxy groups -OCH3 is 2. The molecular formula is C23H22N2O7S. The zero-order valence-corrected chi connectivity index (χ0v) is 19.1. The second kappa shape index (κ2) is 10.3. The molecule has 1 atom stereocenters. The van der Waals surface area contributed by atoms with Crippen molar-refractivity contribution in [1.29, 1.82) is 0 Å². The van der Waals surface area contributed by atoms with Crippen molar-refractivity contribution >= 4 is 52.8 Å². The van der Waals surface area contributed by atoms with Crippen LogP contribution in [0.3, 0.4) is 0 Å². The second-order valence-electron chi connectivity index (χ2n) is 7.24. The van der Waals surface area contributed by atoms with Gasteiger partial charge < -0.3 is 14.8 Å². The highest BCUT2D eigenvalue weighted by molar-refractivity contribution is 8.01. The predicted molar refractivity (Wildman–Crippen MR) is 122 cm³/mol. The molecule has 0 radical (unpaired) electrons. The number of carbonyl (C=O) groups excluding carboxylic acids is 5. The number of nitrogens with zero attached hydrogens (tertiary/aromatic N) is 1. The van der Waals surface area contributed by atoms with E-state index in [4.69, 9.17) is 0 Å². The Morgan fingerprint density at radius 3 is 2.12 bits per heavy atom. The normalized spacial score (nSPS) is 15.4. The number of ether oxygens (including phenoxy) is 2. The molecule has 0 saturated carbocycles. The van der Waals surface area contributed by atoms with Gasteiger partial charge in [-0.15, -0.1) is 11.8 Å². The van der Waals surface area contributed by atoms with Crippen LogP contribution in [0, 0.1) is 6.92 Å². The van der Waals surface area contributed by atoms with Crippen LogP contribution in [0.2, 0.25) is 0 Å². The van der Waals surface area contributed by atoms with E-state index < -0.39 is 29.0 Å². The fourth-order valence-corrected chi connectivity index (χ4v) is 4.16. The van der Waals surface area contributed by atoms with Gasteiger partial charge in [0.25, 0.3) is 0 Å². The van der Waals surface area contributed by atoms with Gasteiger partial charge in [0.15, 0.2) is 0 Å². The van der Waals surface area contributed by atoms with Gasteiger partial charge in [-0.1, -0.05) is 17.7 Å². The Bertz CT molecular complexity index is 1080. The minimum Gasteiger partial charge on any atom is -0.465 e. The van der Waals surface area contributed by atoms with Crippen molar-refractivity contribution in [2.75, 3.05) is 30.2 Å². The average molecular weight is 471 g/mol. The Morgan fingerprint density at radius 1 is 1.00 bits per heavy atom. The molecule has 2 aromatic rings. The molecule has 1 saturated heterocycles. The van der Waals surface area contributed by atoms with Crippen LogP contribution in [0.25, 0.3) is 0 Å². The quantitative estimate of drug-likeness (QED) is 0.484. The summed E-state index contributed by atoms with van der Waals surface area (Å²) in [5.41, 5.74) is 1.73. The van der Waals surface area contributed by atoms with Gasteiger partial charge in [0.2, 0.25) is 17.7 Å². The summed E-state index contributed by atoms with van der Waals surface area (Å²) < 4.78 is 9.38. The summed E-state index contributed by atoms with van der Waals surface area (Å²) >= 11 is 1.05. The molecule has 9 nitrogen and oxygen atoms in total. The van der Waals surface area contributed by atoms with Crippen LogP contribution in [-0.4, -0.2) is 54.9 Å². The van der Waals surface area contributed by atoms with Crippen LogP contribution in [0.5, 0.6) is 0 Å². The van der Waals surface area contributed by atoms with Crippen LogP contribution < -0.4 is 10.2 Å². The van der Waals surface area contributed by atoms with Gasteiger partial charge in [0.1, 0.15) is 0 Å². The summed E-state index contributed by atoms with van der Waals surface area (Å²) in [7, 11) is 2.35. The largest absolute Gasteiger partial charge is 0.465 e. The van der Waals surface area contributed by atoms with Gasteiger partial charge >= 0.3 is 11.9 Å². The number of carbonyl (C=O) groups is 5. The SMILES string of the molecule is COC(=O)c1cc(C(=O)OC)cc(N2C(=O)CC(SCC(=O)Nc3ccc(C)cc3)C2=O)c1. The lowest BCUT2D eigenvalue weighted by molar-refractivity contribution is -0.121. The van der Waals surface area contributed by atoms with Crippen molar-refractivity contribution in [3.63, 3.8) is 0 Å². The number of aryl methyl sites for hydroxylation is 1. The highest BCUT2D eigenvalue weighted by Crippen LogP contribution is 2.31. The summed E-state index contributed by atoms with van der Waals surface area (Å²) in [6.45, 7) is 1.94. The Balaban J connectivity index is 1.74. The van der Waals surface area contributed by atoms with Crippen LogP contribution in [0.1, 0.15) is 32.7 Å². The molecule has 0 spiro atoms. The third-order valence-corrected chi connectivity index (χ3v) is 6.07. The molecule has 0 aliphatic carbocycles. The molecule has 1 unspecified atom stereocenters. The Hall–Kier alpha value is -3.66. The molecular weight excluding hydrogens is 448 g/mol. The van der Waals surface area contributed by atoms with E-state index in [0.29, 0.717) is 5.69 Å². The number of hydrogen-bond acceptors (Lipinski definition) is 8. The van der Waals surface area contributed by atoms with Crippen molar-refractivity contribution < 1.29 is 33.4 Å². The third kappa shape index (κ3) is 5.58. The molecule has 1 N–H and O–H groups in total. The van der Waals surface area contributed by atoms with E-state index in [9.17, 15) is 24.0 Å². The Kier molecular flexibility index (Phi) is 7.49. The number of hydrogen-bond donors (Lipinski definition) is 1. The summed E-state index contributed by atoms with van der Waals surface area (Å²) in [6.07, 6.45) is -0.114. The topological polar surface area (TPSA) is 119 Å². The number of thioether (sulfide) groups is 1. The molecule has 2 aromatic carbocycles. The van der Waals surface area contributed by atoms with Gasteiger partial charge in [-0.05, 0) is 37.3 Å². The molecule has 33 heavy (non-hydrogen) atoms. The van der Waals surface area contributed by atoms with Gasteiger partial charge in [0, 0.05) is 12.1 Å². The first-order chi connectivity index (χ1) is 15.7. The number of benzene rings is 2. The number of anilines is 2. The number of nitrogens with one attached hydrogen (secondary N) is 1. The lowest BCUT2D eigenvalue weighted by atomic mass is 10.1. The van der Waals surface area contributed by atoms with Gasteiger partial charge in [-0.2, -0.15) is 0 Å². The maximum atomic E-state index is 12.9. The standard InChI is InChI=1S/C23H22N2O7S/c1-13-4-6-16(7-5-13)24-19(26)12-33-18-11-20(27)25(21(18)28)17-9-14(22(29)31-2)8-15(10-17)23(30)32-3/h4-10,18H,11-12H2,1-3H3,(H,24,26). The minimum atomic E-state index is -0.773. The van der Waals surface area contributed by atoms with E-state index >= 15 is 0 Å². The maximum absolute atomic E-state index is 12.9. The van der Waals surface area contributed by atoms with Crippen molar-refractivity contribution in [2.45, 2.75) is 18.6 Å². The summed E-state index contributed by atoms with van der Waals surface area (Å²) in [6, 6.07) is 11.1. The van der Waals surface area contributed by atoms with Crippen LogP contribution in [0.4, 0.5) is 11.4 Å². The van der Waals surface area contributed by atoms with Gasteiger partial charge in [-0.25, -0.2) is 14.5 Å². The summed E-state index contributed by atoms with van der Waals surface area (Å²) in [4.78, 5) is 62.7. The highest BCUT2D eigenvalue weighted by Gasteiger charge is 2.40. The summed E-state index contributed by atoms with van der Waals surface area (Å²) in [5.74, 6) is -2.84. The predicted octanol–water partition coefficient (Wildman–Crippen LogP) is 2.57. The monoisotopic (exact) mass is 470 g/mol. The van der Waals surface area contributed by atoms with Crippen molar-refractivity contribution in [3.05, 3.63) is 59.2 Å². The van der Waals surface area contributed by atoms with E-state index in [1.165, 1.54) is 32.4 Å². The van der Waals surface area contributed by atoms with Crippen molar-refractivity contribution in [2.24, 2.45) is 0 Å². The Morgan fingerprint density at radius 2 is 1.58 bits per heavy atom. The molecule has 1 aliphatic heterocycles. The highest BCUT2D eigenvalue weighted by atomic mass is 32.2. The fraction of sp³-hybridized carbons (Fsp3) is 0.261. The third-order valence-electron chi connectivity index (χ3n) is 4.87. The lowest BCUT2D eigenvalue weighted by Gasteiger charge is -2.17. The Labute approximate surface area is 194 Å². The van der Waals surface area contributed by atoms with Crippen LogP contribution in [-0.2, 0) is 23.9 Å². The molecule has 172 valence electrons. The lowest BCUT2D eigenvalue weighted by Crippen LogP contribution is -2.32. The fourth-order valence-electron chi connectivity index (χ4n) is 3.23. The first-order valence-electron chi connectivity index (χ1n) is 9.90. The van der Waals surface area contributed by atoms with Crippen molar-refractivity contribution in [3.8, 4) is 0 Å². The number of rotatable bonds is 7. The number of amides is 3. The van der Waals surface area contributed by atoms with E-state index in [2.05, 4.69) is 14.8 Å². The molecule has 3 rings (SSSR count). The first-order valence-corrected chi connectivity index (χ1v) is 10.9. The zero-order valence-electron chi connectivity index (χ0n) is 18.2.